The molecule has 0 aliphatic heterocycles. The Hall–Kier alpha value is -2.93. The average molecular weight is 372 g/mol. The number of ether oxygens (including phenoxy) is 1. The molecule has 2 aromatic rings. The molecule has 0 aliphatic rings. The standard InChI is InChI=1S/C19H20N2O4S/c1-13(18(23)20-12-16-9-6-10-26-16)25-19(24)17(21-14(2)22)11-15-7-4-3-5-8-15/h3-11,13H,12H2,1-2H3,(H,20,23)(H,21,22)/b17-11-/t13-/m1/s1. The van der Waals surface area contributed by atoms with Crippen LogP contribution in [0.2, 0.25) is 0 Å². The highest BCUT2D eigenvalue weighted by atomic mass is 32.1. The van der Waals surface area contributed by atoms with Crippen molar-refractivity contribution >= 4 is 35.2 Å². The van der Waals surface area contributed by atoms with Crippen LogP contribution in [0.15, 0.2) is 53.5 Å². The third kappa shape index (κ3) is 6.18. The van der Waals surface area contributed by atoms with Crippen molar-refractivity contribution in [1.82, 2.24) is 10.6 Å². The van der Waals surface area contributed by atoms with Crippen molar-refractivity contribution in [2.24, 2.45) is 0 Å². The van der Waals surface area contributed by atoms with E-state index in [-0.39, 0.29) is 5.70 Å². The molecule has 2 rings (SSSR count). The van der Waals surface area contributed by atoms with Crippen LogP contribution in [0.5, 0.6) is 0 Å². The van der Waals surface area contributed by atoms with Gasteiger partial charge in [0, 0.05) is 11.8 Å². The van der Waals surface area contributed by atoms with Crippen molar-refractivity contribution in [3.05, 3.63) is 64.0 Å². The summed E-state index contributed by atoms with van der Waals surface area (Å²) in [6.45, 7) is 3.15. The summed E-state index contributed by atoms with van der Waals surface area (Å²) in [7, 11) is 0. The van der Waals surface area contributed by atoms with Gasteiger partial charge in [0.2, 0.25) is 5.91 Å². The van der Waals surface area contributed by atoms with E-state index in [0.29, 0.717) is 6.54 Å². The second-order valence-electron chi connectivity index (χ2n) is 5.49. The first kappa shape index (κ1) is 19.4. The van der Waals surface area contributed by atoms with Crippen LogP contribution in [-0.2, 0) is 25.7 Å². The third-order valence-electron chi connectivity index (χ3n) is 3.31. The summed E-state index contributed by atoms with van der Waals surface area (Å²) < 4.78 is 5.19. The number of hydrogen-bond acceptors (Lipinski definition) is 5. The van der Waals surface area contributed by atoms with E-state index >= 15 is 0 Å². The number of nitrogens with one attached hydrogen (secondary N) is 2. The van der Waals surface area contributed by atoms with Crippen LogP contribution >= 0.6 is 11.3 Å². The molecule has 0 saturated heterocycles. The zero-order valence-electron chi connectivity index (χ0n) is 14.5. The largest absolute Gasteiger partial charge is 0.448 e. The van der Waals surface area contributed by atoms with E-state index < -0.39 is 23.9 Å². The number of esters is 1. The average Bonchev–Trinajstić information content (AvgIpc) is 3.13. The lowest BCUT2D eigenvalue weighted by atomic mass is 10.2. The Labute approximate surface area is 155 Å². The normalized spacial score (nSPS) is 12.2. The first-order chi connectivity index (χ1) is 12.5. The fraction of sp³-hybridized carbons (Fsp3) is 0.211. The summed E-state index contributed by atoms with van der Waals surface area (Å²) in [5.74, 6) is -1.59. The molecule has 1 atom stereocenters. The molecule has 26 heavy (non-hydrogen) atoms. The molecule has 1 aromatic carbocycles. The van der Waals surface area contributed by atoms with Gasteiger partial charge in [-0.25, -0.2) is 4.79 Å². The summed E-state index contributed by atoms with van der Waals surface area (Å²) in [5, 5.41) is 7.07. The molecular weight excluding hydrogens is 352 g/mol. The molecule has 0 radical (unpaired) electrons. The lowest BCUT2D eigenvalue weighted by Gasteiger charge is -2.15. The molecule has 0 saturated carbocycles. The number of carbonyl (C=O) groups excluding carboxylic acids is 3. The maximum atomic E-state index is 12.3. The maximum Gasteiger partial charge on any atom is 0.355 e. The van der Waals surface area contributed by atoms with Crippen molar-refractivity contribution < 1.29 is 19.1 Å². The van der Waals surface area contributed by atoms with Gasteiger partial charge in [0.25, 0.3) is 5.91 Å². The molecule has 0 spiro atoms. The monoisotopic (exact) mass is 372 g/mol. The van der Waals surface area contributed by atoms with Gasteiger partial charge in [0.1, 0.15) is 5.70 Å². The van der Waals surface area contributed by atoms with Gasteiger partial charge in [-0.3, -0.25) is 9.59 Å². The Bertz CT molecular complexity index is 785. The van der Waals surface area contributed by atoms with Gasteiger partial charge in [-0.2, -0.15) is 0 Å². The third-order valence-corrected chi connectivity index (χ3v) is 4.19. The summed E-state index contributed by atoms with van der Waals surface area (Å²) in [4.78, 5) is 36.8. The summed E-state index contributed by atoms with van der Waals surface area (Å²) in [6, 6.07) is 12.8. The summed E-state index contributed by atoms with van der Waals surface area (Å²) in [6.07, 6.45) is 0.510. The highest BCUT2D eigenvalue weighted by molar-refractivity contribution is 7.09. The minimum Gasteiger partial charge on any atom is -0.448 e. The SMILES string of the molecule is CC(=O)N/C(=C\c1ccccc1)C(=O)O[C@H](C)C(=O)NCc1cccs1. The Morgan fingerprint density at radius 2 is 1.88 bits per heavy atom. The van der Waals surface area contributed by atoms with Gasteiger partial charge < -0.3 is 15.4 Å². The molecule has 2 amide bonds. The van der Waals surface area contributed by atoms with Crippen molar-refractivity contribution in [1.29, 1.82) is 0 Å². The van der Waals surface area contributed by atoms with E-state index in [9.17, 15) is 14.4 Å². The van der Waals surface area contributed by atoms with Crippen molar-refractivity contribution in [3.8, 4) is 0 Å². The molecule has 7 heteroatoms. The molecular formula is C19H20N2O4S. The fourth-order valence-corrected chi connectivity index (χ4v) is 2.70. The quantitative estimate of drug-likeness (QED) is 0.578. The van der Waals surface area contributed by atoms with E-state index in [0.717, 1.165) is 10.4 Å². The number of amides is 2. The van der Waals surface area contributed by atoms with Gasteiger partial charge in [0.15, 0.2) is 6.10 Å². The molecule has 1 aromatic heterocycles. The number of rotatable bonds is 7. The van der Waals surface area contributed by atoms with Crippen LogP contribution in [0.25, 0.3) is 6.08 Å². The second-order valence-corrected chi connectivity index (χ2v) is 6.53. The summed E-state index contributed by atoms with van der Waals surface area (Å²) >= 11 is 1.52. The molecule has 0 unspecified atom stereocenters. The molecule has 0 bridgehead atoms. The van der Waals surface area contributed by atoms with E-state index in [1.165, 1.54) is 31.3 Å². The van der Waals surface area contributed by atoms with Gasteiger partial charge in [-0.1, -0.05) is 36.4 Å². The number of thiophene rings is 1. The van der Waals surface area contributed by atoms with Crippen molar-refractivity contribution in [2.75, 3.05) is 0 Å². The number of carbonyl (C=O) groups is 3. The highest BCUT2D eigenvalue weighted by Crippen LogP contribution is 2.09. The van der Waals surface area contributed by atoms with Crippen LogP contribution in [0.3, 0.4) is 0 Å². The topological polar surface area (TPSA) is 84.5 Å². The predicted octanol–water partition coefficient (Wildman–Crippen LogP) is 2.47. The summed E-state index contributed by atoms with van der Waals surface area (Å²) in [5.41, 5.74) is 0.699. The smallest absolute Gasteiger partial charge is 0.355 e. The minimum absolute atomic E-state index is 0.0263. The predicted molar refractivity (Wildman–Crippen MR) is 100.0 cm³/mol. The van der Waals surface area contributed by atoms with Crippen LogP contribution in [-0.4, -0.2) is 23.9 Å². The Balaban J connectivity index is 1.99. The van der Waals surface area contributed by atoms with Gasteiger partial charge in [0.05, 0.1) is 6.54 Å². The Morgan fingerprint density at radius 1 is 1.15 bits per heavy atom. The fourth-order valence-electron chi connectivity index (χ4n) is 2.06. The van der Waals surface area contributed by atoms with E-state index in [1.54, 1.807) is 12.1 Å². The molecule has 2 N–H and O–H groups in total. The lowest BCUT2D eigenvalue weighted by molar-refractivity contribution is -0.151. The molecule has 0 aliphatic carbocycles. The zero-order chi connectivity index (χ0) is 18.9. The molecule has 0 fully saturated rings. The van der Waals surface area contributed by atoms with Crippen LogP contribution in [0.4, 0.5) is 0 Å². The number of hydrogen-bond donors (Lipinski definition) is 2. The van der Waals surface area contributed by atoms with E-state index in [1.807, 2.05) is 35.7 Å². The van der Waals surface area contributed by atoms with Gasteiger partial charge in [-0.05, 0) is 30.0 Å². The molecule has 6 nitrogen and oxygen atoms in total. The zero-order valence-corrected chi connectivity index (χ0v) is 15.3. The number of benzene rings is 1. The molecule has 136 valence electrons. The van der Waals surface area contributed by atoms with Gasteiger partial charge in [-0.15, -0.1) is 11.3 Å². The van der Waals surface area contributed by atoms with Crippen LogP contribution < -0.4 is 10.6 Å². The van der Waals surface area contributed by atoms with E-state index in [2.05, 4.69) is 10.6 Å². The maximum absolute atomic E-state index is 12.3. The van der Waals surface area contributed by atoms with Crippen LogP contribution in [0.1, 0.15) is 24.3 Å². The van der Waals surface area contributed by atoms with Crippen molar-refractivity contribution in [2.45, 2.75) is 26.5 Å². The van der Waals surface area contributed by atoms with Crippen LogP contribution in [0, 0.1) is 0 Å². The highest BCUT2D eigenvalue weighted by Gasteiger charge is 2.21. The first-order valence-electron chi connectivity index (χ1n) is 8.01. The van der Waals surface area contributed by atoms with E-state index in [4.69, 9.17) is 4.74 Å². The van der Waals surface area contributed by atoms with Crippen molar-refractivity contribution in [3.63, 3.8) is 0 Å². The Morgan fingerprint density at radius 3 is 2.50 bits per heavy atom. The van der Waals surface area contributed by atoms with Gasteiger partial charge >= 0.3 is 5.97 Å². The minimum atomic E-state index is -0.990. The molecule has 1 heterocycles. The first-order valence-corrected chi connectivity index (χ1v) is 8.89. The Kier molecular flexibility index (Phi) is 7.11. The lowest BCUT2D eigenvalue weighted by Crippen LogP contribution is -2.37. The second kappa shape index (κ2) is 9.53.